The lowest BCUT2D eigenvalue weighted by molar-refractivity contribution is -0.384. The smallest absolute Gasteiger partial charge is 0.440 e. The Bertz CT molecular complexity index is 728. The molecule has 1 N–H and O–H groups in total. The molecule has 2 rings (SSSR count). The van der Waals surface area contributed by atoms with Crippen LogP contribution in [0, 0.1) is 15.5 Å². The number of nitro groups is 1. The van der Waals surface area contributed by atoms with Crippen molar-refractivity contribution in [2.75, 3.05) is 0 Å². The number of nitrogens with one attached hydrogen (secondary N) is 1. The van der Waals surface area contributed by atoms with Gasteiger partial charge in [-0.1, -0.05) is 0 Å². The fraction of sp³-hybridized carbons (Fsp3) is 0. The Labute approximate surface area is 92.9 Å². The highest BCUT2D eigenvalue weighted by Crippen LogP contribution is 2.23. The van der Waals surface area contributed by atoms with Crippen LogP contribution in [-0.2, 0) is 0 Å². The molecule has 0 bridgehead atoms. The summed E-state index contributed by atoms with van der Waals surface area (Å²) in [5.74, 6) is -0.848. The van der Waals surface area contributed by atoms with Gasteiger partial charge in [0, 0.05) is 17.6 Å². The first-order chi connectivity index (χ1) is 8.04. The fourth-order valence-electron chi connectivity index (χ4n) is 1.45. The average molecular weight is 232 g/mol. The lowest BCUT2D eigenvalue weighted by Crippen LogP contribution is -2.07. The van der Waals surface area contributed by atoms with Gasteiger partial charge in [-0.2, -0.15) is 0 Å². The maximum absolute atomic E-state index is 11.7. The summed E-state index contributed by atoms with van der Waals surface area (Å²) in [6.45, 7) is 0. The van der Waals surface area contributed by atoms with E-state index in [9.17, 15) is 20.0 Å². The van der Waals surface area contributed by atoms with Crippen molar-refractivity contribution >= 4 is 22.3 Å². The third-order valence-corrected chi connectivity index (χ3v) is 2.24. The maximum atomic E-state index is 11.7. The molecule has 0 amide bonds. The van der Waals surface area contributed by atoms with Gasteiger partial charge in [0.15, 0.2) is 4.98 Å². The summed E-state index contributed by atoms with van der Waals surface area (Å²) in [7, 11) is 0. The molecule has 0 aliphatic rings. The van der Waals surface area contributed by atoms with Crippen LogP contribution in [-0.4, -0.2) is 9.91 Å². The molecule has 1 aromatic carbocycles. The number of H-pyrrole nitrogens is 1. The van der Waals surface area contributed by atoms with Crippen molar-refractivity contribution in [2.24, 2.45) is 0 Å². The third kappa shape index (κ3) is 1.55. The second kappa shape index (κ2) is 3.57. The molecule has 0 fully saturated rings. The number of hydrogen-bond acceptors (Lipinski definition) is 5. The van der Waals surface area contributed by atoms with Gasteiger partial charge >= 0.3 is 5.69 Å². The molecule has 1 aromatic heterocycles. The van der Waals surface area contributed by atoms with Crippen molar-refractivity contribution in [3.8, 4) is 5.88 Å². The summed E-state index contributed by atoms with van der Waals surface area (Å²) in [5, 5.41) is 30.2. The molecule has 17 heavy (non-hydrogen) atoms. The van der Waals surface area contributed by atoms with E-state index >= 15 is 0 Å². The molecule has 84 valence electrons. The molecule has 0 aliphatic heterocycles. The second-order valence-corrected chi connectivity index (χ2v) is 3.22. The van der Waals surface area contributed by atoms with Crippen LogP contribution >= 0.6 is 0 Å². The highest BCUT2D eigenvalue weighted by molar-refractivity contribution is 5.85. The number of pyridine rings is 1. The van der Waals surface area contributed by atoms with Crippen LogP contribution in [0.1, 0.15) is 0 Å². The topological polar surface area (TPSA) is 127 Å². The minimum Gasteiger partial charge on any atom is -0.855 e. The number of nitrogens with zero attached hydrogens (tertiary/aromatic N) is 3. The van der Waals surface area contributed by atoms with Gasteiger partial charge in [0.2, 0.25) is 5.39 Å². The first-order valence-corrected chi connectivity index (χ1v) is 4.41. The molecule has 0 saturated heterocycles. The predicted octanol–water partition coefficient (Wildman–Crippen LogP) is 0.994. The largest absolute Gasteiger partial charge is 0.855 e. The molecular weight excluding hydrogens is 228 g/mol. The van der Waals surface area contributed by atoms with Crippen LogP contribution in [0.5, 0.6) is 5.88 Å². The van der Waals surface area contributed by atoms with Gasteiger partial charge in [-0.3, -0.25) is 14.9 Å². The molecule has 0 aliphatic carbocycles. The number of fused-ring (bicyclic) bond motifs is 1. The average Bonchev–Trinajstić information content (AvgIpc) is 2.29. The SMILES string of the molecule is N#[N+]c1c([O-])[nH]c2ccc([N+](=O)[O-])cc2c1=O. The Morgan fingerprint density at radius 3 is 2.71 bits per heavy atom. The lowest BCUT2D eigenvalue weighted by Gasteiger charge is -2.03. The Hall–Kier alpha value is -2.95. The highest BCUT2D eigenvalue weighted by Gasteiger charge is 2.18. The van der Waals surface area contributed by atoms with Crippen LogP contribution in [0.15, 0.2) is 23.0 Å². The molecule has 8 heteroatoms. The normalized spacial score (nSPS) is 10.1. The Morgan fingerprint density at radius 2 is 2.12 bits per heavy atom. The third-order valence-electron chi connectivity index (χ3n) is 2.24. The van der Waals surface area contributed by atoms with Gasteiger partial charge in [0.25, 0.3) is 11.1 Å². The van der Waals surface area contributed by atoms with Gasteiger partial charge in [0.05, 0.1) is 16.2 Å². The van der Waals surface area contributed by atoms with Crippen LogP contribution in [0.3, 0.4) is 0 Å². The molecule has 0 atom stereocenters. The van der Waals surface area contributed by atoms with Crippen molar-refractivity contribution in [1.82, 2.24) is 4.98 Å². The lowest BCUT2D eigenvalue weighted by atomic mass is 10.2. The number of diazo groups is 1. The summed E-state index contributed by atoms with van der Waals surface area (Å²) < 4.78 is 0. The van der Waals surface area contributed by atoms with Gasteiger partial charge in [-0.15, -0.1) is 0 Å². The van der Waals surface area contributed by atoms with E-state index in [1.165, 1.54) is 6.07 Å². The van der Waals surface area contributed by atoms with Crippen LogP contribution < -0.4 is 10.5 Å². The van der Waals surface area contributed by atoms with E-state index in [1.54, 1.807) is 0 Å². The number of aromatic amines is 1. The monoisotopic (exact) mass is 232 g/mol. The van der Waals surface area contributed by atoms with E-state index in [1.807, 2.05) is 0 Å². The quantitative estimate of drug-likeness (QED) is 0.445. The molecule has 8 nitrogen and oxygen atoms in total. The van der Waals surface area contributed by atoms with E-state index in [4.69, 9.17) is 5.39 Å². The number of nitro benzene ring substituents is 1. The Morgan fingerprint density at radius 1 is 1.41 bits per heavy atom. The number of non-ortho nitro benzene ring substituents is 1. The molecule has 1 heterocycles. The number of aromatic nitrogens is 1. The van der Waals surface area contributed by atoms with Crippen molar-refractivity contribution < 1.29 is 10.0 Å². The van der Waals surface area contributed by atoms with E-state index in [2.05, 4.69) is 9.96 Å². The minimum absolute atomic E-state index is 0.0772. The van der Waals surface area contributed by atoms with E-state index < -0.39 is 21.9 Å². The molecule has 0 saturated carbocycles. The van der Waals surface area contributed by atoms with Gasteiger partial charge in [-0.25, -0.2) is 0 Å². The van der Waals surface area contributed by atoms with Crippen LogP contribution in [0.25, 0.3) is 15.9 Å². The highest BCUT2D eigenvalue weighted by atomic mass is 16.6. The Balaban J connectivity index is 2.91. The summed E-state index contributed by atoms with van der Waals surface area (Å²) in [6.07, 6.45) is 0. The zero-order valence-electron chi connectivity index (χ0n) is 8.21. The first-order valence-electron chi connectivity index (χ1n) is 4.41. The summed E-state index contributed by atoms with van der Waals surface area (Å²) in [5.41, 5.74) is -1.68. The zero-order valence-corrected chi connectivity index (χ0v) is 8.21. The van der Waals surface area contributed by atoms with Gasteiger partial charge < -0.3 is 10.1 Å². The second-order valence-electron chi connectivity index (χ2n) is 3.22. The van der Waals surface area contributed by atoms with Crippen molar-refractivity contribution in [3.05, 3.63) is 43.5 Å². The molecule has 2 aromatic rings. The summed E-state index contributed by atoms with van der Waals surface area (Å²) >= 11 is 0. The van der Waals surface area contributed by atoms with Crippen molar-refractivity contribution in [2.45, 2.75) is 0 Å². The molecule has 0 unspecified atom stereocenters. The summed E-state index contributed by atoms with van der Waals surface area (Å²) in [4.78, 5) is 26.4. The van der Waals surface area contributed by atoms with Gasteiger partial charge in [0.1, 0.15) is 0 Å². The van der Waals surface area contributed by atoms with Crippen LogP contribution in [0.2, 0.25) is 0 Å². The fourth-order valence-corrected chi connectivity index (χ4v) is 1.45. The minimum atomic E-state index is -0.852. The summed E-state index contributed by atoms with van der Waals surface area (Å²) in [6, 6.07) is 3.42. The molecule has 0 spiro atoms. The molecule has 0 radical (unpaired) electrons. The number of hydrogen-bond donors (Lipinski definition) is 1. The van der Waals surface area contributed by atoms with E-state index in [-0.39, 0.29) is 16.6 Å². The first kappa shape index (κ1) is 10.6. The standard InChI is InChI=1S/C9H4N4O4/c10-12-7-8(14)5-3-4(13(16)17)1-2-6(5)11-9(7)15/h1-3H,(H-,11,14,15). The number of benzene rings is 1. The van der Waals surface area contributed by atoms with Gasteiger partial charge in [-0.05, 0) is 6.07 Å². The molecular formula is C9H4N4O4. The van der Waals surface area contributed by atoms with Crippen molar-refractivity contribution in [3.63, 3.8) is 0 Å². The van der Waals surface area contributed by atoms with Crippen LogP contribution in [0.4, 0.5) is 11.4 Å². The van der Waals surface area contributed by atoms with Crippen molar-refractivity contribution in [1.29, 1.82) is 5.39 Å². The van der Waals surface area contributed by atoms with E-state index in [0.29, 0.717) is 0 Å². The maximum Gasteiger partial charge on any atom is 0.440 e. The Kier molecular flexibility index (Phi) is 2.22. The predicted molar refractivity (Wildman–Crippen MR) is 55.4 cm³/mol. The zero-order chi connectivity index (χ0) is 12.6. The number of rotatable bonds is 1. The van der Waals surface area contributed by atoms with E-state index in [0.717, 1.165) is 12.1 Å².